The topological polar surface area (TPSA) is 25.8 Å². The van der Waals surface area contributed by atoms with Gasteiger partial charge < -0.3 is 0 Å². The molecule has 0 N–H and O–H groups in total. The van der Waals surface area contributed by atoms with E-state index in [0.29, 0.717) is 17.0 Å². The maximum atomic E-state index is 15.2. The molecule has 0 saturated carbocycles. The molecule has 0 bridgehead atoms. The number of pyridine rings is 2. The molecule has 9 rings (SSSR count). The Labute approximate surface area is 335 Å². The predicted octanol–water partition coefficient (Wildman–Crippen LogP) is 14.5. The van der Waals surface area contributed by atoms with Crippen molar-refractivity contribution in [1.29, 1.82) is 0 Å². The second kappa shape index (κ2) is 15.6. The summed E-state index contributed by atoms with van der Waals surface area (Å²) in [7, 11) is 0. The normalized spacial score (nSPS) is 11.1. The molecule has 2 aromatic heterocycles. The first kappa shape index (κ1) is 36.3. The Morgan fingerprint density at radius 3 is 1.50 bits per heavy atom. The summed E-state index contributed by atoms with van der Waals surface area (Å²) in [4.78, 5) is 9.42. The Morgan fingerprint density at radius 1 is 0.310 bits per heavy atom. The quantitative estimate of drug-likeness (QED) is 0.154. The Morgan fingerprint density at radius 2 is 0.845 bits per heavy atom. The Bertz CT molecular complexity index is 2920. The molecule has 2 heterocycles. The van der Waals surface area contributed by atoms with Crippen LogP contribution in [0, 0.1) is 24.4 Å². The van der Waals surface area contributed by atoms with E-state index >= 15 is 4.39 Å². The largest absolute Gasteiger partial charge is 0.256 e. The zero-order valence-corrected chi connectivity index (χ0v) is 31.5. The van der Waals surface area contributed by atoms with Gasteiger partial charge in [0.05, 0.1) is 11.4 Å². The van der Waals surface area contributed by atoms with Crippen molar-refractivity contribution in [2.24, 2.45) is 0 Å². The zero-order chi connectivity index (χ0) is 39.6. The molecule has 0 fully saturated rings. The van der Waals surface area contributed by atoms with Crippen molar-refractivity contribution in [2.45, 2.75) is 6.92 Å². The van der Waals surface area contributed by atoms with Gasteiger partial charge in [0.1, 0.15) is 17.5 Å². The molecule has 0 saturated heterocycles. The number of nitrogens with zero attached hydrogens (tertiary/aromatic N) is 2. The second-order valence-corrected chi connectivity index (χ2v) is 14.3. The van der Waals surface area contributed by atoms with Crippen LogP contribution in [0.1, 0.15) is 5.56 Å². The van der Waals surface area contributed by atoms with E-state index in [2.05, 4.69) is 90.8 Å². The van der Waals surface area contributed by atoms with Crippen molar-refractivity contribution in [3.8, 4) is 89.3 Å². The standard InChI is InChI=1S/C53H35F3N2/c1-34-27-39(43-14-6-5-13-42(43)38-23-26-52(57-32-38)47-25-24-41(54)30-51(47)56)29-40(28-34)44-15-7-8-16-45(44)49-33-58-53(46-17-9-10-18-50(46)55)31-48(49)37-21-19-36(20-22-37)35-11-3-2-4-12-35/h2-33H,1H3. The number of aromatic nitrogens is 2. The van der Waals surface area contributed by atoms with Crippen LogP contribution in [0.15, 0.2) is 194 Å². The minimum Gasteiger partial charge on any atom is -0.256 e. The molecule has 5 heteroatoms. The minimum atomic E-state index is -0.655. The van der Waals surface area contributed by atoms with Gasteiger partial charge in [0.15, 0.2) is 0 Å². The predicted molar refractivity (Wildman–Crippen MR) is 230 cm³/mol. The van der Waals surface area contributed by atoms with Gasteiger partial charge in [-0.15, -0.1) is 0 Å². The van der Waals surface area contributed by atoms with Gasteiger partial charge in [-0.3, -0.25) is 9.97 Å². The summed E-state index contributed by atoms with van der Waals surface area (Å²) in [5.41, 5.74) is 14.8. The molecular formula is C53H35F3N2. The lowest BCUT2D eigenvalue weighted by atomic mass is 9.87. The van der Waals surface area contributed by atoms with E-state index in [1.807, 2.05) is 66.9 Å². The van der Waals surface area contributed by atoms with Gasteiger partial charge in [0, 0.05) is 40.7 Å². The average molecular weight is 757 g/mol. The van der Waals surface area contributed by atoms with Crippen LogP contribution in [0.3, 0.4) is 0 Å². The number of benzene rings is 7. The van der Waals surface area contributed by atoms with Gasteiger partial charge in [-0.1, -0.05) is 133 Å². The fourth-order valence-electron chi connectivity index (χ4n) is 7.66. The third kappa shape index (κ3) is 7.22. The molecule has 0 aliphatic heterocycles. The maximum Gasteiger partial charge on any atom is 0.135 e. The van der Waals surface area contributed by atoms with Gasteiger partial charge in [-0.25, -0.2) is 13.2 Å². The summed E-state index contributed by atoms with van der Waals surface area (Å²) in [6.07, 6.45) is 3.59. The Kier molecular flexibility index (Phi) is 9.78. The van der Waals surface area contributed by atoms with Crippen molar-refractivity contribution >= 4 is 0 Å². The van der Waals surface area contributed by atoms with Gasteiger partial charge in [0.2, 0.25) is 0 Å². The highest BCUT2D eigenvalue weighted by atomic mass is 19.1. The highest BCUT2D eigenvalue weighted by molar-refractivity contribution is 5.94. The van der Waals surface area contributed by atoms with Crippen LogP contribution in [0.4, 0.5) is 13.2 Å². The Hall–Kier alpha value is -7.37. The summed E-state index contributed by atoms with van der Waals surface area (Å²) in [6.45, 7) is 2.09. The summed E-state index contributed by atoms with van der Waals surface area (Å²) in [6, 6.07) is 57.7. The van der Waals surface area contributed by atoms with Crippen LogP contribution < -0.4 is 0 Å². The van der Waals surface area contributed by atoms with E-state index in [-0.39, 0.29) is 11.4 Å². The van der Waals surface area contributed by atoms with E-state index in [1.54, 1.807) is 24.4 Å². The van der Waals surface area contributed by atoms with E-state index < -0.39 is 11.6 Å². The first-order valence-corrected chi connectivity index (χ1v) is 19.0. The monoisotopic (exact) mass is 756 g/mol. The van der Waals surface area contributed by atoms with Gasteiger partial charge in [-0.05, 0) is 111 Å². The molecule has 0 aliphatic rings. The third-order valence-electron chi connectivity index (χ3n) is 10.5. The van der Waals surface area contributed by atoms with Gasteiger partial charge in [0.25, 0.3) is 0 Å². The SMILES string of the molecule is Cc1cc(-c2ccccc2-c2ccc(-c3ccc(F)cc3F)nc2)cc(-c2ccccc2-c2cnc(-c3ccccc3F)cc2-c2ccc(-c3ccccc3)cc2)c1. The van der Waals surface area contributed by atoms with Gasteiger partial charge in [-0.2, -0.15) is 0 Å². The summed E-state index contributed by atoms with van der Waals surface area (Å²) in [5, 5.41) is 0. The Balaban J connectivity index is 1.14. The molecule has 0 amide bonds. The summed E-state index contributed by atoms with van der Waals surface area (Å²) < 4.78 is 43.3. The molecular weight excluding hydrogens is 722 g/mol. The van der Waals surface area contributed by atoms with E-state index in [0.717, 1.165) is 78.4 Å². The van der Waals surface area contributed by atoms with Crippen molar-refractivity contribution < 1.29 is 13.2 Å². The first-order chi connectivity index (χ1) is 28.4. The second-order valence-electron chi connectivity index (χ2n) is 14.3. The smallest absolute Gasteiger partial charge is 0.135 e. The van der Waals surface area contributed by atoms with Crippen LogP contribution in [0.25, 0.3) is 89.3 Å². The molecule has 278 valence electrons. The molecule has 2 nitrogen and oxygen atoms in total. The average Bonchev–Trinajstić information content (AvgIpc) is 3.27. The lowest BCUT2D eigenvalue weighted by Crippen LogP contribution is -1.95. The number of hydrogen-bond acceptors (Lipinski definition) is 2. The molecule has 9 aromatic rings. The van der Waals surface area contributed by atoms with Crippen LogP contribution in [-0.2, 0) is 0 Å². The highest BCUT2D eigenvalue weighted by Gasteiger charge is 2.18. The van der Waals surface area contributed by atoms with Crippen LogP contribution in [0.5, 0.6) is 0 Å². The fourth-order valence-corrected chi connectivity index (χ4v) is 7.66. The molecule has 0 atom stereocenters. The molecule has 0 radical (unpaired) electrons. The number of hydrogen-bond donors (Lipinski definition) is 0. The highest BCUT2D eigenvalue weighted by Crippen LogP contribution is 2.42. The fraction of sp³-hybridized carbons (Fsp3) is 0.0189. The van der Waals surface area contributed by atoms with E-state index in [1.165, 1.54) is 18.2 Å². The van der Waals surface area contributed by atoms with E-state index in [9.17, 15) is 8.78 Å². The third-order valence-corrected chi connectivity index (χ3v) is 10.5. The molecule has 58 heavy (non-hydrogen) atoms. The minimum absolute atomic E-state index is 0.243. The molecule has 7 aromatic carbocycles. The zero-order valence-electron chi connectivity index (χ0n) is 31.5. The van der Waals surface area contributed by atoms with Crippen molar-refractivity contribution in [3.63, 3.8) is 0 Å². The van der Waals surface area contributed by atoms with Crippen LogP contribution in [0.2, 0.25) is 0 Å². The molecule has 0 unspecified atom stereocenters. The first-order valence-electron chi connectivity index (χ1n) is 19.0. The summed E-state index contributed by atoms with van der Waals surface area (Å²) in [5.74, 6) is -1.61. The number of rotatable bonds is 8. The number of halogens is 3. The van der Waals surface area contributed by atoms with Crippen molar-refractivity contribution in [2.75, 3.05) is 0 Å². The summed E-state index contributed by atoms with van der Waals surface area (Å²) >= 11 is 0. The van der Waals surface area contributed by atoms with Crippen molar-refractivity contribution in [3.05, 3.63) is 217 Å². The molecule has 0 spiro atoms. The van der Waals surface area contributed by atoms with Crippen molar-refractivity contribution in [1.82, 2.24) is 9.97 Å². The van der Waals surface area contributed by atoms with Gasteiger partial charge >= 0.3 is 0 Å². The molecule has 0 aliphatic carbocycles. The lowest BCUT2D eigenvalue weighted by molar-refractivity contribution is 0.585. The van der Waals surface area contributed by atoms with E-state index in [4.69, 9.17) is 4.98 Å². The van der Waals surface area contributed by atoms with Crippen LogP contribution >= 0.6 is 0 Å². The lowest BCUT2D eigenvalue weighted by Gasteiger charge is -2.18. The maximum absolute atomic E-state index is 15.2. The number of aryl methyl sites for hydroxylation is 1. The van der Waals surface area contributed by atoms with Crippen LogP contribution in [-0.4, -0.2) is 9.97 Å².